The second-order valence-corrected chi connectivity index (χ2v) is 5.08. The minimum absolute atomic E-state index is 0.228. The molecule has 130 valence electrons. The molecule has 7 heteroatoms. The van der Waals surface area contributed by atoms with E-state index in [0.29, 0.717) is 5.69 Å². The molecule has 0 bridgehead atoms. The zero-order valence-corrected chi connectivity index (χ0v) is 13.1. The van der Waals surface area contributed by atoms with Crippen LogP contribution in [0.15, 0.2) is 54.6 Å². The van der Waals surface area contributed by atoms with E-state index in [1.807, 2.05) is 0 Å². The van der Waals surface area contributed by atoms with Gasteiger partial charge in [0.1, 0.15) is 5.75 Å². The monoisotopic (exact) mass is 349 g/mol. The van der Waals surface area contributed by atoms with Gasteiger partial charge in [-0.1, -0.05) is 12.1 Å². The predicted molar refractivity (Wildman–Crippen MR) is 86.9 cm³/mol. The second kappa shape index (κ2) is 7.65. The Balaban J connectivity index is 2.00. The normalized spacial score (nSPS) is 11.4. The summed E-state index contributed by atoms with van der Waals surface area (Å²) in [6.45, 7) is 1.37. The number of halogens is 3. The van der Waals surface area contributed by atoms with Gasteiger partial charge in [0, 0.05) is 18.7 Å². The van der Waals surface area contributed by atoms with E-state index < -0.39 is 17.7 Å². The van der Waals surface area contributed by atoms with Crippen molar-refractivity contribution in [2.75, 3.05) is 5.32 Å². The first-order valence-corrected chi connectivity index (χ1v) is 7.19. The standard InChI is InChI=1S/C18H14F3NO3/c1-12(23)22-15-6-8-16(9-7-15)25-17(24)10-5-13-3-2-4-14(11-13)18(19,20)21/h2-11H,1H3,(H,22,23)/b10-5+. The zero-order chi connectivity index (χ0) is 18.4. The van der Waals surface area contributed by atoms with Crippen molar-refractivity contribution in [2.45, 2.75) is 13.1 Å². The summed E-state index contributed by atoms with van der Waals surface area (Å²) in [6.07, 6.45) is -2.17. The average molecular weight is 349 g/mol. The van der Waals surface area contributed by atoms with Crippen molar-refractivity contribution in [3.63, 3.8) is 0 Å². The number of benzene rings is 2. The molecule has 0 saturated carbocycles. The molecule has 0 aliphatic heterocycles. The van der Waals surface area contributed by atoms with Gasteiger partial charge in [0.2, 0.25) is 5.91 Å². The molecule has 0 radical (unpaired) electrons. The van der Waals surface area contributed by atoms with Crippen LogP contribution in [-0.2, 0) is 15.8 Å². The fourth-order valence-corrected chi connectivity index (χ4v) is 1.94. The van der Waals surface area contributed by atoms with E-state index in [4.69, 9.17) is 4.74 Å². The van der Waals surface area contributed by atoms with Gasteiger partial charge in [0.05, 0.1) is 5.56 Å². The number of hydrogen-bond acceptors (Lipinski definition) is 3. The predicted octanol–water partition coefficient (Wildman–Crippen LogP) is 4.28. The van der Waals surface area contributed by atoms with Crippen LogP contribution in [0.1, 0.15) is 18.1 Å². The Morgan fingerprint density at radius 2 is 1.76 bits per heavy atom. The van der Waals surface area contributed by atoms with Crippen LogP contribution >= 0.6 is 0 Å². The van der Waals surface area contributed by atoms with Crippen molar-refractivity contribution < 1.29 is 27.5 Å². The number of nitrogens with one attached hydrogen (secondary N) is 1. The third kappa shape index (κ3) is 5.80. The van der Waals surface area contributed by atoms with E-state index in [9.17, 15) is 22.8 Å². The van der Waals surface area contributed by atoms with Gasteiger partial charge in [-0.3, -0.25) is 4.79 Å². The van der Waals surface area contributed by atoms with Gasteiger partial charge < -0.3 is 10.1 Å². The first-order chi connectivity index (χ1) is 11.7. The third-order valence-electron chi connectivity index (χ3n) is 3.02. The summed E-state index contributed by atoms with van der Waals surface area (Å²) in [7, 11) is 0. The molecule has 1 N–H and O–H groups in total. The lowest BCUT2D eigenvalue weighted by atomic mass is 10.1. The van der Waals surface area contributed by atoms with Crippen LogP contribution in [0.3, 0.4) is 0 Å². The highest BCUT2D eigenvalue weighted by molar-refractivity contribution is 5.90. The van der Waals surface area contributed by atoms with Crippen molar-refractivity contribution in [3.8, 4) is 5.75 Å². The molecule has 0 unspecified atom stereocenters. The molecule has 0 atom stereocenters. The number of hydrogen-bond donors (Lipinski definition) is 1. The van der Waals surface area contributed by atoms with Gasteiger partial charge in [-0.05, 0) is 48.0 Å². The van der Waals surface area contributed by atoms with Crippen molar-refractivity contribution in [1.29, 1.82) is 0 Å². The SMILES string of the molecule is CC(=O)Nc1ccc(OC(=O)/C=C/c2cccc(C(F)(F)F)c2)cc1. The van der Waals surface area contributed by atoms with Crippen molar-refractivity contribution in [2.24, 2.45) is 0 Å². The molecule has 0 fully saturated rings. The Hall–Kier alpha value is -3.09. The number of amides is 1. The van der Waals surface area contributed by atoms with E-state index >= 15 is 0 Å². The van der Waals surface area contributed by atoms with Crippen LogP contribution < -0.4 is 10.1 Å². The Labute approximate surface area is 141 Å². The van der Waals surface area contributed by atoms with Crippen LogP contribution in [0.25, 0.3) is 6.08 Å². The minimum Gasteiger partial charge on any atom is -0.423 e. The largest absolute Gasteiger partial charge is 0.423 e. The lowest BCUT2D eigenvalue weighted by Crippen LogP contribution is -2.06. The molecule has 1 amide bonds. The number of alkyl halides is 3. The first-order valence-electron chi connectivity index (χ1n) is 7.19. The van der Waals surface area contributed by atoms with E-state index in [2.05, 4.69) is 5.32 Å². The topological polar surface area (TPSA) is 55.4 Å². The van der Waals surface area contributed by atoms with Crippen LogP contribution in [0.2, 0.25) is 0 Å². The maximum Gasteiger partial charge on any atom is 0.416 e. The number of carbonyl (C=O) groups excluding carboxylic acids is 2. The molecule has 0 aliphatic rings. The van der Waals surface area contributed by atoms with Crippen molar-refractivity contribution in [3.05, 3.63) is 65.7 Å². The van der Waals surface area contributed by atoms with Crippen LogP contribution in [0.4, 0.5) is 18.9 Å². The summed E-state index contributed by atoms with van der Waals surface area (Å²) in [5, 5.41) is 2.56. The third-order valence-corrected chi connectivity index (χ3v) is 3.02. The Bertz CT molecular complexity index is 796. The van der Waals surface area contributed by atoms with E-state index in [1.54, 1.807) is 12.1 Å². The van der Waals surface area contributed by atoms with Gasteiger partial charge in [-0.25, -0.2) is 4.79 Å². The number of rotatable bonds is 4. The smallest absolute Gasteiger partial charge is 0.416 e. The van der Waals surface area contributed by atoms with E-state index in [0.717, 1.165) is 18.2 Å². The fraction of sp³-hybridized carbons (Fsp3) is 0.111. The lowest BCUT2D eigenvalue weighted by molar-refractivity contribution is -0.137. The maximum atomic E-state index is 12.6. The molecule has 0 aliphatic carbocycles. The summed E-state index contributed by atoms with van der Waals surface area (Å²) in [4.78, 5) is 22.6. The minimum atomic E-state index is -4.44. The molecule has 2 aromatic rings. The van der Waals surface area contributed by atoms with E-state index in [-0.39, 0.29) is 17.2 Å². The zero-order valence-electron chi connectivity index (χ0n) is 13.1. The summed E-state index contributed by atoms with van der Waals surface area (Å²) >= 11 is 0. The Kier molecular flexibility index (Phi) is 5.59. The van der Waals surface area contributed by atoms with Crippen LogP contribution in [0.5, 0.6) is 5.75 Å². The highest BCUT2D eigenvalue weighted by atomic mass is 19.4. The summed E-state index contributed by atoms with van der Waals surface area (Å²) < 4.78 is 42.9. The highest BCUT2D eigenvalue weighted by Crippen LogP contribution is 2.29. The number of anilines is 1. The van der Waals surface area contributed by atoms with Crippen molar-refractivity contribution in [1.82, 2.24) is 0 Å². The molecular formula is C18H14F3NO3. The Morgan fingerprint density at radius 1 is 1.08 bits per heavy atom. The molecule has 4 nitrogen and oxygen atoms in total. The number of esters is 1. The maximum absolute atomic E-state index is 12.6. The van der Waals surface area contributed by atoms with Crippen LogP contribution in [-0.4, -0.2) is 11.9 Å². The van der Waals surface area contributed by atoms with Gasteiger partial charge in [0.25, 0.3) is 0 Å². The highest BCUT2D eigenvalue weighted by Gasteiger charge is 2.30. The molecular weight excluding hydrogens is 335 g/mol. The molecule has 2 rings (SSSR count). The summed E-state index contributed by atoms with van der Waals surface area (Å²) in [6, 6.07) is 10.7. The van der Waals surface area contributed by atoms with Gasteiger partial charge >= 0.3 is 12.1 Å². The number of carbonyl (C=O) groups is 2. The van der Waals surface area contributed by atoms with Crippen LogP contribution in [0, 0.1) is 0 Å². The Morgan fingerprint density at radius 3 is 2.36 bits per heavy atom. The molecule has 25 heavy (non-hydrogen) atoms. The average Bonchev–Trinajstić information content (AvgIpc) is 2.54. The van der Waals surface area contributed by atoms with Crippen molar-refractivity contribution >= 4 is 23.6 Å². The van der Waals surface area contributed by atoms with E-state index in [1.165, 1.54) is 37.3 Å². The molecule has 0 heterocycles. The second-order valence-electron chi connectivity index (χ2n) is 5.08. The first kappa shape index (κ1) is 18.3. The van der Waals surface area contributed by atoms with Gasteiger partial charge in [-0.15, -0.1) is 0 Å². The summed E-state index contributed by atoms with van der Waals surface area (Å²) in [5.74, 6) is -0.716. The fourth-order valence-electron chi connectivity index (χ4n) is 1.94. The molecule has 0 saturated heterocycles. The number of ether oxygens (including phenoxy) is 1. The summed E-state index contributed by atoms with van der Waals surface area (Å²) in [5.41, 5.74) is -0.0174. The molecule has 0 spiro atoms. The van der Waals surface area contributed by atoms with Gasteiger partial charge in [-0.2, -0.15) is 13.2 Å². The molecule has 2 aromatic carbocycles. The molecule has 0 aromatic heterocycles. The quantitative estimate of drug-likeness (QED) is 0.509. The lowest BCUT2D eigenvalue weighted by Gasteiger charge is -2.06. The van der Waals surface area contributed by atoms with Gasteiger partial charge in [0.15, 0.2) is 0 Å².